The van der Waals surface area contributed by atoms with Gasteiger partial charge in [-0.2, -0.15) is 0 Å². The highest BCUT2D eigenvalue weighted by atomic mass is 16.5. The molecule has 2 atom stereocenters. The van der Waals surface area contributed by atoms with E-state index in [9.17, 15) is 0 Å². The molecule has 0 aliphatic carbocycles. The second-order valence-corrected chi connectivity index (χ2v) is 5.82. The van der Waals surface area contributed by atoms with E-state index in [0.717, 1.165) is 43.2 Å². The van der Waals surface area contributed by atoms with Crippen LogP contribution in [0.2, 0.25) is 0 Å². The largest absolute Gasteiger partial charge is 0.494 e. The predicted octanol–water partition coefficient (Wildman–Crippen LogP) is 2.78. The summed E-state index contributed by atoms with van der Waals surface area (Å²) in [5.41, 5.74) is 2.41. The first-order valence-electron chi connectivity index (χ1n) is 7.79. The summed E-state index contributed by atoms with van der Waals surface area (Å²) in [5.74, 6) is 2.48. The zero-order chi connectivity index (χ0) is 15.2. The van der Waals surface area contributed by atoms with Gasteiger partial charge in [-0.25, -0.2) is 0 Å². The molecule has 1 aliphatic rings. The van der Waals surface area contributed by atoms with Crippen LogP contribution in [0.5, 0.6) is 11.5 Å². The molecule has 2 unspecified atom stereocenters. The van der Waals surface area contributed by atoms with Crippen LogP contribution in [0.3, 0.4) is 0 Å². The topological polar surface area (TPSA) is 39.7 Å². The summed E-state index contributed by atoms with van der Waals surface area (Å²) in [7, 11) is 1.74. The van der Waals surface area contributed by atoms with Gasteiger partial charge >= 0.3 is 0 Å². The Kier molecular flexibility index (Phi) is 5.88. The summed E-state index contributed by atoms with van der Waals surface area (Å²) in [6.45, 7) is 9.46. The van der Waals surface area contributed by atoms with E-state index in [1.54, 1.807) is 7.11 Å². The Hall–Kier alpha value is -1.26. The zero-order valence-corrected chi connectivity index (χ0v) is 13.6. The summed E-state index contributed by atoms with van der Waals surface area (Å²) in [6.07, 6.45) is 1.23. The average Bonchev–Trinajstić information content (AvgIpc) is 2.78. The predicted molar refractivity (Wildman–Crippen MR) is 84.2 cm³/mol. The van der Waals surface area contributed by atoms with Crippen LogP contribution in [0.1, 0.15) is 31.9 Å². The van der Waals surface area contributed by atoms with E-state index in [4.69, 9.17) is 14.2 Å². The van der Waals surface area contributed by atoms with Crippen molar-refractivity contribution in [3.8, 4) is 11.5 Å². The normalized spacial score (nSPS) is 18.2. The maximum absolute atomic E-state index is 5.84. The molecule has 0 amide bonds. The third-order valence-corrected chi connectivity index (χ3v) is 3.64. The molecule has 0 aromatic heterocycles. The standard InChI is InChI=1S/C17H27NO3/c1-5-20-16-7-14-6-13(3)21-17(14)8-15(16)10-18-9-12(2)11-19-4/h7-8,12-13,18H,5-6,9-11H2,1-4H3. The van der Waals surface area contributed by atoms with Gasteiger partial charge in [0.2, 0.25) is 0 Å². The van der Waals surface area contributed by atoms with Crippen molar-refractivity contribution in [1.29, 1.82) is 0 Å². The number of methoxy groups -OCH3 is 1. The van der Waals surface area contributed by atoms with E-state index in [0.29, 0.717) is 12.5 Å². The van der Waals surface area contributed by atoms with Gasteiger partial charge in [-0.1, -0.05) is 6.92 Å². The van der Waals surface area contributed by atoms with Crippen LogP contribution in [-0.2, 0) is 17.7 Å². The van der Waals surface area contributed by atoms with Crippen molar-refractivity contribution in [2.45, 2.75) is 39.8 Å². The lowest BCUT2D eigenvalue weighted by Gasteiger charge is -2.15. The first kappa shape index (κ1) is 16.1. The molecule has 0 radical (unpaired) electrons. The highest BCUT2D eigenvalue weighted by Gasteiger charge is 2.21. The third kappa shape index (κ3) is 4.35. The Morgan fingerprint density at radius 3 is 2.95 bits per heavy atom. The second-order valence-electron chi connectivity index (χ2n) is 5.82. The van der Waals surface area contributed by atoms with Gasteiger partial charge in [0.15, 0.2) is 0 Å². The van der Waals surface area contributed by atoms with Gasteiger partial charge in [0.1, 0.15) is 17.6 Å². The van der Waals surface area contributed by atoms with Gasteiger partial charge in [0.05, 0.1) is 6.61 Å². The Balaban J connectivity index is 2.02. The van der Waals surface area contributed by atoms with Crippen LogP contribution >= 0.6 is 0 Å². The summed E-state index contributed by atoms with van der Waals surface area (Å²) < 4.78 is 16.8. The molecule has 0 saturated carbocycles. The summed E-state index contributed by atoms with van der Waals surface area (Å²) in [4.78, 5) is 0. The summed E-state index contributed by atoms with van der Waals surface area (Å²) in [5, 5.41) is 3.47. The SMILES string of the molecule is CCOc1cc2c(cc1CNCC(C)COC)OC(C)C2. The molecule has 21 heavy (non-hydrogen) atoms. The molecule has 1 N–H and O–H groups in total. The number of ether oxygens (including phenoxy) is 3. The number of hydrogen-bond donors (Lipinski definition) is 1. The Morgan fingerprint density at radius 2 is 2.24 bits per heavy atom. The molecule has 4 nitrogen and oxygen atoms in total. The number of fused-ring (bicyclic) bond motifs is 1. The minimum absolute atomic E-state index is 0.263. The van der Waals surface area contributed by atoms with Gasteiger partial charge < -0.3 is 19.5 Å². The molecule has 0 bridgehead atoms. The van der Waals surface area contributed by atoms with Crippen LogP contribution in [0.15, 0.2) is 12.1 Å². The van der Waals surface area contributed by atoms with Crippen molar-refractivity contribution < 1.29 is 14.2 Å². The highest BCUT2D eigenvalue weighted by molar-refractivity contribution is 5.48. The quantitative estimate of drug-likeness (QED) is 0.800. The second kappa shape index (κ2) is 7.66. The average molecular weight is 293 g/mol. The zero-order valence-electron chi connectivity index (χ0n) is 13.6. The van der Waals surface area contributed by atoms with Crippen LogP contribution in [0.25, 0.3) is 0 Å². The lowest BCUT2D eigenvalue weighted by Crippen LogP contribution is -2.23. The first-order valence-corrected chi connectivity index (χ1v) is 7.79. The summed E-state index contributed by atoms with van der Waals surface area (Å²) in [6, 6.07) is 4.26. The van der Waals surface area contributed by atoms with E-state index in [2.05, 4.69) is 31.3 Å². The molecule has 1 aromatic carbocycles. The summed E-state index contributed by atoms with van der Waals surface area (Å²) >= 11 is 0. The van der Waals surface area contributed by atoms with Crippen molar-refractivity contribution in [3.63, 3.8) is 0 Å². The fourth-order valence-electron chi connectivity index (χ4n) is 2.71. The molecule has 2 rings (SSSR count). The molecule has 118 valence electrons. The number of rotatable bonds is 8. The van der Waals surface area contributed by atoms with Crippen LogP contribution in [-0.4, -0.2) is 33.0 Å². The van der Waals surface area contributed by atoms with Gasteiger partial charge in [-0.3, -0.25) is 0 Å². The van der Waals surface area contributed by atoms with Crippen molar-refractivity contribution in [3.05, 3.63) is 23.3 Å². The number of benzene rings is 1. The van der Waals surface area contributed by atoms with Crippen LogP contribution < -0.4 is 14.8 Å². The van der Waals surface area contributed by atoms with Crippen molar-refractivity contribution in [1.82, 2.24) is 5.32 Å². The van der Waals surface area contributed by atoms with Crippen molar-refractivity contribution in [2.75, 3.05) is 26.9 Å². The monoisotopic (exact) mass is 293 g/mol. The van der Waals surface area contributed by atoms with E-state index >= 15 is 0 Å². The molecular weight excluding hydrogens is 266 g/mol. The molecule has 0 fully saturated rings. The van der Waals surface area contributed by atoms with Gasteiger partial charge in [-0.15, -0.1) is 0 Å². The maximum atomic E-state index is 5.84. The highest BCUT2D eigenvalue weighted by Crippen LogP contribution is 2.35. The van der Waals surface area contributed by atoms with E-state index in [1.165, 1.54) is 5.56 Å². The van der Waals surface area contributed by atoms with Crippen molar-refractivity contribution >= 4 is 0 Å². The van der Waals surface area contributed by atoms with Crippen LogP contribution in [0, 0.1) is 5.92 Å². The molecule has 4 heteroatoms. The lowest BCUT2D eigenvalue weighted by atomic mass is 10.1. The Labute approximate surface area is 127 Å². The molecule has 0 saturated heterocycles. The van der Waals surface area contributed by atoms with E-state index in [-0.39, 0.29) is 6.10 Å². The minimum Gasteiger partial charge on any atom is -0.494 e. The third-order valence-electron chi connectivity index (χ3n) is 3.64. The Bertz CT molecular complexity index is 462. The maximum Gasteiger partial charge on any atom is 0.124 e. The van der Waals surface area contributed by atoms with Crippen molar-refractivity contribution in [2.24, 2.45) is 5.92 Å². The molecule has 1 heterocycles. The molecule has 1 aromatic rings. The number of nitrogens with one attached hydrogen (secondary N) is 1. The van der Waals surface area contributed by atoms with Gasteiger partial charge in [-0.05, 0) is 31.9 Å². The molecule has 1 aliphatic heterocycles. The van der Waals surface area contributed by atoms with E-state index in [1.807, 2.05) is 6.92 Å². The van der Waals surface area contributed by atoms with E-state index < -0.39 is 0 Å². The lowest BCUT2D eigenvalue weighted by molar-refractivity contribution is 0.158. The molecule has 0 spiro atoms. The van der Waals surface area contributed by atoms with Gasteiger partial charge in [0, 0.05) is 44.4 Å². The first-order chi connectivity index (χ1) is 10.1. The minimum atomic E-state index is 0.263. The fourth-order valence-corrected chi connectivity index (χ4v) is 2.71. The van der Waals surface area contributed by atoms with Gasteiger partial charge in [0.25, 0.3) is 0 Å². The fraction of sp³-hybridized carbons (Fsp3) is 0.647. The Morgan fingerprint density at radius 1 is 1.43 bits per heavy atom. The smallest absolute Gasteiger partial charge is 0.124 e. The molecular formula is C17H27NO3. The number of hydrogen-bond acceptors (Lipinski definition) is 4. The van der Waals surface area contributed by atoms with Crippen LogP contribution in [0.4, 0.5) is 0 Å².